The minimum atomic E-state index is 0. The van der Waals surface area contributed by atoms with Crippen molar-refractivity contribution in [3.05, 3.63) is 0 Å². The van der Waals surface area contributed by atoms with E-state index in [-0.39, 0.29) is 72.4 Å². The summed E-state index contributed by atoms with van der Waals surface area (Å²) in [5.74, 6) is 0. The Morgan fingerprint density at radius 2 is 1.00 bits per heavy atom. The normalized spacial score (nSPS) is 0. The van der Waals surface area contributed by atoms with Crippen molar-refractivity contribution in [2.45, 2.75) is 0 Å². The van der Waals surface area contributed by atoms with Gasteiger partial charge in [0.05, 0.1) is 0 Å². The number of hydrogen-bond donors (Lipinski definition) is 0. The molecule has 4 heavy (non-hydrogen) atoms. The molecular formula is H3PSbVZn. The van der Waals surface area contributed by atoms with Crippen molar-refractivity contribution in [1.29, 1.82) is 0 Å². The van der Waals surface area contributed by atoms with E-state index in [1.807, 2.05) is 0 Å². The molecule has 1 atom stereocenters. The summed E-state index contributed by atoms with van der Waals surface area (Å²) in [5.41, 5.74) is 0. The molecule has 4 radical (unpaired) electrons. The van der Waals surface area contributed by atoms with Crippen molar-refractivity contribution in [2.24, 2.45) is 0 Å². The Morgan fingerprint density at radius 1 is 1.00 bits per heavy atom. The molecule has 0 saturated carbocycles. The smallest absolute Gasteiger partial charge is 0 e. The Kier molecular flexibility index (Phi) is 143. The van der Waals surface area contributed by atoms with E-state index in [2.05, 4.69) is 0 Å². The Morgan fingerprint density at radius 3 is 1.00 bits per heavy atom. The van der Waals surface area contributed by atoms with E-state index in [9.17, 15) is 0 Å². The molecule has 0 aliphatic heterocycles. The van der Waals surface area contributed by atoms with Crippen LogP contribution in [0.5, 0.6) is 0 Å². The first-order valence-corrected chi connectivity index (χ1v) is 0. The Labute approximate surface area is 71.6 Å². The Balaban J connectivity index is 0. The maximum Gasteiger partial charge on any atom is 0 e. The zero-order valence-corrected chi connectivity index (χ0v) is 10.6. The van der Waals surface area contributed by atoms with E-state index < -0.39 is 0 Å². The van der Waals surface area contributed by atoms with Gasteiger partial charge in [0.1, 0.15) is 0 Å². The third-order valence-corrected chi connectivity index (χ3v) is 0. The van der Waals surface area contributed by atoms with Gasteiger partial charge in [0.2, 0.25) is 0 Å². The molecule has 0 amide bonds. The standard InChI is InChI=1S/H3P.Sb.V.Zn/h1H3;;;. The van der Waals surface area contributed by atoms with Crippen molar-refractivity contribution in [3.8, 4) is 0 Å². The number of hydrogen-bond acceptors (Lipinski definition) is 0. The van der Waals surface area contributed by atoms with Crippen molar-refractivity contribution in [3.63, 3.8) is 0 Å². The molecule has 0 aliphatic carbocycles. The van der Waals surface area contributed by atoms with Gasteiger partial charge in [-0.25, -0.2) is 0 Å². The predicted molar refractivity (Wildman–Crippen MR) is 16.9 cm³/mol. The molecule has 20 valence electrons. The molecule has 0 aromatic heterocycles. The maximum absolute atomic E-state index is 0. The van der Waals surface area contributed by atoms with E-state index in [1.165, 1.54) is 0 Å². The average molecular weight is 272 g/mol. The van der Waals surface area contributed by atoms with Gasteiger partial charge in [0, 0.05) is 62.5 Å². The fourth-order valence-electron chi connectivity index (χ4n) is 0. The van der Waals surface area contributed by atoms with E-state index >= 15 is 0 Å². The first-order chi connectivity index (χ1) is 0. The van der Waals surface area contributed by atoms with Crippen LogP contribution in [0, 0.1) is 0 Å². The van der Waals surface area contributed by atoms with E-state index in [1.54, 1.807) is 0 Å². The van der Waals surface area contributed by atoms with Crippen LogP contribution in [0.2, 0.25) is 0 Å². The summed E-state index contributed by atoms with van der Waals surface area (Å²) in [5, 5.41) is 0. The molecule has 0 fully saturated rings. The largest absolute Gasteiger partial charge is 0.153 e. The molecule has 0 saturated heterocycles. The molecule has 0 rings (SSSR count). The first-order valence-electron chi connectivity index (χ1n) is 0. The van der Waals surface area contributed by atoms with E-state index in [0.717, 1.165) is 0 Å². The van der Waals surface area contributed by atoms with Crippen molar-refractivity contribution in [2.75, 3.05) is 0 Å². The number of rotatable bonds is 0. The zero-order chi connectivity index (χ0) is 0. The summed E-state index contributed by atoms with van der Waals surface area (Å²) < 4.78 is 0. The van der Waals surface area contributed by atoms with Gasteiger partial charge in [-0.3, -0.25) is 0 Å². The molecule has 0 nitrogen and oxygen atoms in total. The molecule has 0 spiro atoms. The fourth-order valence-corrected chi connectivity index (χ4v) is 0. The molecule has 4 heteroatoms. The van der Waals surface area contributed by atoms with Crippen LogP contribution >= 0.6 is 9.90 Å². The second kappa shape index (κ2) is 18.0. The van der Waals surface area contributed by atoms with Crippen LogP contribution in [0.15, 0.2) is 0 Å². The minimum absolute atomic E-state index is 0. The van der Waals surface area contributed by atoms with Gasteiger partial charge in [0.15, 0.2) is 0 Å². The van der Waals surface area contributed by atoms with Gasteiger partial charge < -0.3 is 0 Å². The summed E-state index contributed by atoms with van der Waals surface area (Å²) in [7, 11) is 0. The molecular weight excluding hydrogens is 269 g/mol. The van der Waals surface area contributed by atoms with E-state index in [0.29, 0.717) is 0 Å². The van der Waals surface area contributed by atoms with Crippen LogP contribution in [0.25, 0.3) is 0 Å². The van der Waals surface area contributed by atoms with Gasteiger partial charge in [-0.05, 0) is 0 Å². The first kappa shape index (κ1) is 31.9. The van der Waals surface area contributed by atoms with Crippen molar-refractivity contribution >= 4 is 34.3 Å². The average Bonchev–Trinajstić information content (AvgIpc) is 0. The maximum atomic E-state index is 0. The molecule has 0 heterocycles. The summed E-state index contributed by atoms with van der Waals surface area (Å²) in [6.07, 6.45) is 0. The molecule has 1 unspecified atom stereocenters. The van der Waals surface area contributed by atoms with Crippen LogP contribution in [-0.2, 0) is 38.0 Å². The second-order valence-electron chi connectivity index (χ2n) is 0. The molecule has 0 aromatic carbocycles. The van der Waals surface area contributed by atoms with E-state index in [4.69, 9.17) is 0 Å². The van der Waals surface area contributed by atoms with Gasteiger partial charge in [-0.15, -0.1) is 0 Å². The van der Waals surface area contributed by atoms with Crippen LogP contribution in [0.4, 0.5) is 0 Å². The van der Waals surface area contributed by atoms with Gasteiger partial charge in [-0.1, -0.05) is 0 Å². The summed E-state index contributed by atoms with van der Waals surface area (Å²) in [6, 6.07) is 0. The Bertz CT molecular complexity index is 8.00. The summed E-state index contributed by atoms with van der Waals surface area (Å²) >= 11 is 0. The molecule has 0 aliphatic rings. The van der Waals surface area contributed by atoms with Crippen LogP contribution < -0.4 is 0 Å². The van der Waals surface area contributed by atoms with Crippen molar-refractivity contribution in [1.82, 2.24) is 0 Å². The van der Waals surface area contributed by atoms with Crippen molar-refractivity contribution < 1.29 is 38.0 Å². The van der Waals surface area contributed by atoms with Crippen LogP contribution in [-0.4, -0.2) is 24.4 Å². The van der Waals surface area contributed by atoms with Gasteiger partial charge in [-0.2, -0.15) is 9.90 Å². The topological polar surface area (TPSA) is 0 Å². The third-order valence-electron chi connectivity index (χ3n) is 0. The molecule has 0 bridgehead atoms. The third kappa shape index (κ3) is 8.82. The molecule has 0 N–H and O–H groups in total. The Hall–Kier alpha value is 2.46. The summed E-state index contributed by atoms with van der Waals surface area (Å²) in [4.78, 5) is 0. The van der Waals surface area contributed by atoms with Gasteiger partial charge >= 0.3 is 0 Å². The predicted octanol–water partition coefficient (Wildman–Crippen LogP) is -0.328. The zero-order valence-electron chi connectivity index (χ0n) is 2.31. The fraction of sp³-hybridized carbons (Fsp3) is 0. The monoisotopic (exact) mass is 270 g/mol. The second-order valence-corrected chi connectivity index (χ2v) is 0. The van der Waals surface area contributed by atoms with Crippen LogP contribution in [0.1, 0.15) is 0 Å². The quantitative estimate of drug-likeness (QED) is 0.418. The molecule has 0 aromatic rings. The SMILES string of the molecule is P.[Sb].[V].[Zn]. The van der Waals surface area contributed by atoms with Gasteiger partial charge in [0.25, 0.3) is 0 Å². The summed E-state index contributed by atoms with van der Waals surface area (Å²) in [6.45, 7) is 0. The van der Waals surface area contributed by atoms with Crippen LogP contribution in [0.3, 0.4) is 0 Å². The minimum Gasteiger partial charge on any atom is -0.153 e.